The zero-order valence-corrected chi connectivity index (χ0v) is 13.5. The molecule has 0 N–H and O–H groups in total. The molecule has 3 rings (SSSR count). The van der Waals surface area contributed by atoms with Gasteiger partial charge in [0, 0.05) is 24.6 Å². The first-order valence-electron chi connectivity index (χ1n) is 6.98. The van der Waals surface area contributed by atoms with Gasteiger partial charge in [0.2, 0.25) is 0 Å². The number of fused-ring (bicyclic) bond motifs is 1. The SMILES string of the molecule is Cc1cc(=O)oc2cc(N(C)S(=O)(=O)c3ccccc3)ccc12. The van der Waals surface area contributed by atoms with E-state index in [9.17, 15) is 13.2 Å². The summed E-state index contributed by atoms with van der Waals surface area (Å²) in [6.45, 7) is 1.81. The van der Waals surface area contributed by atoms with Gasteiger partial charge < -0.3 is 4.42 Å². The van der Waals surface area contributed by atoms with E-state index in [1.54, 1.807) is 36.4 Å². The van der Waals surface area contributed by atoms with Crippen molar-refractivity contribution in [1.82, 2.24) is 0 Å². The van der Waals surface area contributed by atoms with Gasteiger partial charge in [-0.05, 0) is 36.8 Å². The molecule has 1 aromatic heterocycles. The second-order valence-electron chi connectivity index (χ2n) is 5.21. The Morgan fingerprint density at radius 2 is 1.70 bits per heavy atom. The molecule has 0 saturated heterocycles. The Kier molecular flexibility index (Phi) is 3.69. The molecule has 0 atom stereocenters. The number of anilines is 1. The molecule has 0 fully saturated rings. The third kappa shape index (κ3) is 2.73. The Morgan fingerprint density at radius 1 is 1.00 bits per heavy atom. The Bertz CT molecular complexity index is 1020. The number of aryl methyl sites for hydroxylation is 1. The van der Waals surface area contributed by atoms with E-state index in [-0.39, 0.29) is 4.90 Å². The number of hydrogen-bond donors (Lipinski definition) is 0. The standard InChI is InChI=1S/C17H15NO4S/c1-12-10-17(19)22-16-11-13(8-9-15(12)16)18(2)23(20,21)14-6-4-3-5-7-14/h3-11H,1-2H3. The van der Waals surface area contributed by atoms with Crippen LogP contribution in [0.2, 0.25) is 0 Å². The van der Waals surface area contributed by atoms with Crippen LogP contribution in [-0.2, 0) is 10.0 Å². The van der Waals surface area contributed by atoms with Gasteiger partial charge in [-0.15, -0.1) is 0 Å². The third-order valence-corrected chi connectivity index (χ3v) is 5.50. The lowest BCUT2D eigenvalue weighted by molar-refractivity contribution is 0.560. The number of nitrogens with zero attached hydrogens (tertiary/aromatic N) is 1. The molecule has 118 valence electrons. The lowest BCUT2D eigenvalue weighted by Crippen LogP contribution is -2.26. The molecule has 6 heteroatoms. The smallest absolute Gasteiger partial charge is 0.336 e. The van der Waals surface area contributed by atoms with Crippen LogP contribution in [0.3, 0.4) is 0 Å². The highest BCUT2D eigenvalue weighted by Crippen LogP contribution is 2.26. The van der Waals surface area contributed by atoms with Crippen LogP contribution in [0.4, 0.5) is 5.69 Å². The fourth-order valence-electron chi connectivity index (χ4n) is 2.40. The van der Waals surface area contributed by atoms with Crippen molar-refractivity contribution in [2.24, 2.45) is 0 Å². The van der Waals surface area contributed by atoms with Gasteiger partial charge in [0.15, 0.2) is 0 Å². The van der Waals surface area contributed by atoms with E-state index in [1.807, 2.05) is 6.92 Å². The summed E-state index contributed by atoms with van der Waals surface area (Å²) in [4.78, 5) is 11.7. The fourth-order valence-corrected chi connectivity index (χ4v) is 3.61. The van der Waals surface area contributed by atoms with Crippen LogP contribution in [0.1, 0.15) is 5.56 Å². The molecule has 3 aromatic rings. The summed E-state index contributed by atoms with van der Waals surface area (Å²) in [5.41, 5.74) is 1.12. The van der Waals surface area contributed by atoms with Crippen molar-refractivity contribution in [2.45, 2.75) is 11.8 Å². The normalized spacial score (nSPS) is 11.6. The molecule has 0 amide bonds. The van der Waals surface area contributed by atoms with E-state index in [0.717, 1.165) is 10.9 Å². The van der Waals surface area contributed by atoms with Crippen LogP contribution in [0.5, 0.6) is 0 Å². The van der Waals surface area contributed by atoms with Gasteiger partial charge in [0.25, 0.3) is 10.0 Å². The molecule has 5 nitrogen and oxygen atoms in total. The first kappa shape index (κ1) is 15.3. The molecule has 23 heavy (non-hydrogen) atoms. The Balaban J connectivity index is 2.11. The summed E-state index contributed by atoms with van der Waals surface area (Å²) in [5.74, 6) is 0. The van der Waals surface area contributed by atoms with Crippen LogP contribution in [-0.4, -0.2) is 15.5 Å². The minimum atomic E-state index is -3.67. The highest BCUT2D eigenvalue weighted by molar-refractivity contribution is 7.92. The number of rotatable bonds is 3. The van der Waals surface area contributed by atoms with Gasteiger partial charge in [0.1, 0.15) is 5.58 Å². The maximum Gasteiger partial charge on any atom is 0.336 e. The second-order valence-corrected chi connectivity index (χ2v) is 7.18. The predicted molar refractivity (Wildman–Crippen MR) is 89.3 cm³/mol. The van der Waals surface area contributed by atoms with Crippen molar-refractivity contribution < 1.29 is 12.8 Å². The number of sulfonamides is 1. The van der Waals surface area contributed by atoms with Crippen LogP contribution in [0.15, 0.2) is 68.7 Å². The lowest BCUT2D eigenvalue weighted by atomic mass is 10.1. The van der Waals surface area contributed by atoms with E-state index in [2.05, 4.69) is 0 Å². The summed E-state index contributed by atoms with van der Waals surface area (Å²) < 4.78 is 31.6. The maximum absolute atomic E-state index is 12.6. The topological polar surface area (TPSA) is 67.6 Å². The molecule has 0 spiro atoms. The summed E-state index contributed by atoms with van der Waals surface area (Å²) in [6.07, 6.45) is 0. The van der Waals surface area contributed by atoms with Crippen LogP contribution < -0.4 is 9.93 Å². The van der Waals surface area contributed by atoms with Gasteiger partial charge in [-0.3, -0.25) is 4.31 Å². The fraction of sp³-hybridized carbons (Fsp3) is 0.118. The molecule has 0 saturated carbocycles. The minimum Gasteiger partial charge on any atom is -0.423 e. The predicted octanol–water partition coefficient (Wildman–Crippen LogP) is 2.93. The first-order valence-corrected chi connectivity index (χ1v) is 8.42. The largest absolute Gasteiger partial charge is 0.423 e. The highest BCUT2D eigenvalue weighted by Gasteiger charge is 2.21. The molecule has 0 aliphatic rings. The van der Waals surface area contributed by atoms with Crippen LogP contribution in [0, 0.1) is 6.92 Å². The van der Waals surface area contributed by atoms with Gasteiger partial charge >= 0.3 is 5.63 Å². The van der Waals surface area contributed by atoms with E-state index >= 15 is 0 Å². The third-order valence-electron chi connectivity index (χ3n) is 3.70. The van der Waals surface area contributed by atoms with Gasteiger partial charge in [-0.25, -0.2) is 13.2 Å². The average Bonchev–Trinajstić information content (AvgIpc) is 2.54. The minimum absolute atomic E-state index is 0.202. The number of benzene rings is 2. The second kappa shape index (κ2) is 5.55. The summed E-state index contributed by atoms with van der Waals surface area (Å²) in [5, 5.41) is 0.777. The quantitative estimate of drug-likeness (QED) is 0.693. The van der Waals surface area contributed by atoms with Gasteiger partial charge in [0.05, 0.1) is 10.6 Å². The average molecular weight is 329 g/mol. The zero-order chi connectivity index (χ0) is 16.6. The molecule has 0 bridgehead atoms. The molecule has 0 aliphatic carbocycles. The molecule has 0 unspecified atom stereocenters. The van der Waals surface area contributed by atoms with Crippen molar-refractivity contribution >= 4 is 26.7 Å². The lowest BCUT2D eigenvalue weighted by Gasteiger charge is -2.19. The van der Waals surface area contributed by atoms with Crippen LogP contribution >= 0.6 is 0 Å². The summed E-state index contributed by atoms with van der Waals surface area (Å²) in [7, 11) is -2.20. The molecule has 0 aliphatic heterocycles. The van der Waals surface area contributed by atoms with E-state index in [0.29, 0.717) is 11.3 Å². The molecule has 2 aromatic carbocycles. The van der Waals surface area contributed by atoms with Crippen molar-refractivity contribution in [3.63, 3.8) is 0 Å². The van der Waals surface area contributed by atoms with Gasteiger partial charge in [-0.2, -0.15) is 0 Å². The monoisotopic (exact) mass is 329 g/mol. The molecular formula is C17H15NO4S. The Morgan fingerprint density at radius 3 is 2.39 bits per heavy atom. The van der Waals surface area contributed by atoms with E-state index in [4.69, 9.17) is 4.42 Å². The van der Waals surface area contributed by atoms with Gasteiger partial charge in [-0.1, -0.05) is 18.2 Å². The van der Waals surface area contributed by atoms with Crippen LogP contribution in [0.25, 0.3) is 11.0 Å². The number of hydrogen-bond acceptors (Lipinski definition) is 4. The zero-order valence-electron chi connectivity index (χ0n) is 12.7. The van der Waals surface area contributed by atoms with E-state index in [1.165, 1.54) is 29.6 Å². The van der Waals surface area contributed by atoms with Crippen molar-refractivity contribution in [3.05, 3.63) is 70.6 Å². The van der Waals surface area contributed by atoms with Crippen molar-refractivity contribution in [1.29, 1.82) is 0 Å². The molecule has 1 heterocycles. The first-order chi connectivity index (χ1) is 10.9. The maximum atomic E-state index is 12.6. The highest BCUT2D eigenvalue weighted by atomic mass is 32.2. The molecular weight excluding hydrogens is 314 g/mol. The Hall–Kier alpha value is -2.60. The summed E-state index contributed by atoms with van der Waals surface area (Å²) in [6, 6.07) is 14.6. The Labute approximate surface area is 133 Å². The van der Waals surface area contributed by atoms with E-state index < -0.39 is 15.6 Å². The van der Waals surface area contributed by atoms with Crippen molar-refractivity contribution in [2.75, 3.05) is 11.4 Å². The summed E-state index contributed by atoms with van der Waals surface area (Å²) >= 11 is 0. The van der Waals surface area contributed by atoms with Crippen molar-refractivity contribution in [3.8, 4) is 0 Å². The molecule has 0 radical (unpaired) electrons.